The molecule has 0 fully saturated rings. The summed E-state index contributed by atoms with van der Waals surface area (Å²) >= 11 is 11.5. The number of hydrazone groups is 1. The minimum absolute atomic E-state index is 0.350. The Morgan fingerprint density at radius 3 is 2.42 bits per heavy atom. The van der Waals surface area contributed by atoms with Gasteiger partial charge in [0.15, 0.2) is 11.0 Å². The molecule has 98 valence electrons. The number of anilines is 1. The van der Waals surface area contributed by atoms with Gasteiger partial charge >= 0.3 is 0 Å². The van der Waals surface area contributed by atoms with Gasteiger partial charge in [0, 0.05) is 5.02 Å². The van der Waals surface area contributed by atoms with E-state index in [1.807, 2.05) is 31.2 Å². The van der Waals surface area contributed by atoms with E-state index in [9.17, 15) is 0 Å². The number of nitrogens with zero attached hydrogens (tertiary/aromatic N) is 3. The maximum Gasteiger partial charge on any atom is 0.168 e. The monoisotopic (exact) mass is 294 g/mol. The van der Waals surface area contributed by atoms with Crippen LogP contribution in [0.3, 0.4) is 0 Å². The first-order valence-electron chi connectivity index (χ1n) is 5.77. The van der Waals surface area contributed by atoms with Gasteiger partial charge in [-0.15, -0.1) is 10.2 Å². The summed E-state index contributed by atoms with van der Waals surface area (Å²) in [6, 6.07) is 10.9. The summed E-state index contributed by atoms with van der Waals surface area (Å²) in [7, 11) is 0. The first kappa shape index (κ1) is 13.8. The summed E-state index contributed by atoms with van der Waals surface area (Å²) in [5, 5.41) is 13.0. The number of nitrogens with one attached hydrogen (secondary N) is 1. The molecular formula is C13H12Cl2N4. The summed E-state index contributed by atoms with van der Waals surface area (Å²) < 4.78 is 0. The van der Waals surface area contributed by atoms with Crippen LogP contribution < -0.4 is 5.43 Å². The summed E-state index contributed by atoms with van der Waals surface area (Å²) in [5.74, 6) is 0.546. The van der Waals surface area contributed by atoms with Gasteiger partial charge in [-0.05, 0) is 36.2 Å². The highest BCUT2D eigenvalue weighted by molar-refractivity contribution is 6.30. The van der Waals surface area contributed by atoms with Crippen molar-refractivity contribution in [2.45, 2.75) is 13.3 Å². The minimum Gasteiger partial charge on any atom is -0.260 e. The molecule has 0 aliphatic rings. The lowest BCUT2D eigenvalue weighted by Gasteiger charge is -2.05. The number of hydrogen-bond acceptors (Lipinski definition) is 4. The van der Waals surface area contributed by atoms with Gasteiger partial charge in [0.05, 0.1) is 5.71 Å². The molecule has 0 atom stereocenters. The van der Waals surface area contributed by atoms with Crippen LogP contribution >= 0.6 is 23.2 Å². The summed E-state index contributed by atoms with van der Waals surface area (Å²) in [5.41, 5.74) is 4.78. The highest BCUT2D eigenvalue weighted by Crippen LogP contribution is 2.12. The molecule has 0 aliphatic heterocycles. The first-order valence-corrected chi connectivity index (χ1v) is 6.52. The van der Waals surface area contributed by atoms with Gasteiger partial charge in [-0.3, -0.25) is 5.43 Å². The fraction of sp³-hybridized carbons (Fsp3) is 0.154. The number of benzene rings is 1. The molecule has 1 aromatic heterocycles. The number of hydrogen-bond donors (Lipinski definition) is 1. The normalized spacial score (nSPS) is 11.4. The van der Waals surface area contributed by atoms with Crippen LogP contribution in [0.4, 0.5) is 5.82 Å². The molecule has 4 nitrogen and oxygen atoms in total. The average molecular weight is 295 g/mol. The van der Waals surface area contributed by atoms with Crippen LogP contribution in [-0.4, -0.2) is 15.9 Å². The third-order valence-electron chi connectivity index (χ3n) is 2.45. The van der Waals surface area contributed by atoms with Crippen molar-refractivity contribution in [1.82, 2.24) is 10.2 Å². The number of halogens is 2. The molecule has 19 heavy (non-hydrogen) atoms. The van der Waals surface area contributed by atoms with E-state index in [1.54, 1.807) is 12.1 Å². The number of rotatable bonds is 4. The molecule has 1 heterocycles. The van der Waals surface area contributed by atoms with Crippen molar-refractivity contribution in [1.29, 1.82) is 0 Å². The van der Waals surface area contributed by atoms with Crippen molar-refractivity contribution < 1.29 is 0 Å². The molecule has 0 radical (unpaired) electrons. The summed E-state index contributed by atoms with van der Waals surface area (Å²) in [6.07, 6.45) is 0.787. The Morgan fingerprint density at radius 2 is 1.84 bits per heavy atom. The molecule has 2 rings (SSSR count). The van der Waals surface area contributed by atoms with Gasteiger partial charge in [-0.2, -0.15) is 5.10 Å². The molecule has 0 bridgehead atoms. The Kier molecular flexibility index (Phi) is 4.71. The predicted molar refractivity (Wildman–Crippen MR) is 78.9 cm³/mol. The smallest absolute Gasteiger partial charge is 0.168 e. The number of aromatic nitrogens is 2. The molecule has 0 saturated carbocycles. The Morgan fingerprint density at radius 1 is 1.11 bits per heavy atom. The van der Waals surface area contributed by atoms with Gasteiger partial charge in [-0.25, -0.2) is 0 Å². The topological polar surface area (TPSA) is 50.2 Å². The third kappa shape index (κ3) is 3.91. The van der Waals surface area contributed by atoms with Gasteiger partial charge in [0.25, 0.3) is 0 Å². The zero-order valence-electron chi connectivity index (χ0n) is 10.3. The molecule has 0 aliphatic carbocycles. The zero-order chi connectivity index (χ0) is 13.7. The molecule has 0 spiro atoms. The van der Waals surface area contributed by atoms with E-state index in [1.165, 1.54) is 0 Å². The second-order valence-corrected chi connectivity index (χ2v) is 4.60. The van der Waals surface area contributed by atoms with Gasteiger partial charge in [0.1, 0.15) is 0 Å². The van der Waals surface area contributed by atoms with E-state index in [2.05, 4.69) is 20.7 Å². The van der Waals surface area contributed by atoms with Crippen molar-refractivity contribution in [3.8, 4) is 0 Å². The van der Waals surface area contributed by atoms with Gasteiger partial charge in [0.2, 0.25) is 0 Å². The third-order valence-corrected chi connectivity index (χ3v) is 2.90. The van der Waals surface area contributed by atoms with Crippen molar-refractivity contribution in [2.24, 2.45) is 5.10 Å². The highest BCUT2D eigenvalue weighted by Gasteiger charge is 2.01. The van der Waals surface area contributed by atoms with Crippen molar-refractivity contribution in [3.05, 3.63) is 52.1 Å². The maximum atomic E-state index is 5.86. The molecule has 1 N–H and O–H groups in total. The second kappa shape index (κ2) is 6.50. The van der Waals surface area contributed by atoms with Gasteiger partial charge in [-0.1, -0.05) is 42.3 Å². The van der Waals surface area contributed by atoms with Crippen LogP contribution in [-0.2, 0) is 0 Å². The van der Waals surface area contributed by atoms with Crippen LogP contribution in [0.25, 0.3) is 0 Å². The maximum absolute atomic E-state index is 5.86. The fourth-order valence-corrected chi connectivity index (χ4v) is 1.72. The van der Waals surface area contributed by atoms with Crippen molar-refractivity contribution in [3.63, 3.8) is 0 Å². The first-order chi connectivity index (χ1) is 9.19. The van der Waals surface area contributed by atoms with Gasteiger partial charge < -0.3 is 0 Å². The molecule has 0 unspecified atom stereocenters. The zero-order valence-corrected chi connectivity index (χ0v) is 11.8. The van der Waals surface area contributed by atoms with E-state index >= 15 is 0 Å². The van der Waals surface area contributed by atoms with E-state index < -0.39 is 0 Å². The lowest BCUT2D eigenvalue weighted by molar-refractivity contribution is 1.02. The molecule has 0 saturated heterocycles. The van der Waals surface area contributed by atoms with Crippen molar-refractivity contribution >= 4 is 34.7 Å². The van der Waals surface area contributed by atoms with Crippen LogP contribution in [0.1, 0.15) is 18.9 Å². The largest absolute Gasteiger partial charge is 0.260 e. The SMILES string of the molecule is CC/C(=N\Nc1ccc(Cl)nn1)c1ccc(Cl)cc1. The molecule has 0 amide bonds. The average Bonchev–Trinajstić information content (AvgIpc) is 2.43. The minimum atomic E-state index is 0.350. The lowest BCUT2D eigenvalue weighted by atomic mass is 10.1. The lowest BCUT2D eigenvalue weighted by Crippen LogP contribution is -2.04. The summed E-state index contributed by atoms with van der Waals surface area (Å²) in [4.78, 5) is 0. The quantitative estimate of drug-likeness (QED) is 0.685. The Bertz CT molecular complexity index is 564. The fourth-order valence-electron chi connectivity index (χ4n) is 1.49. The Hall–Kier alpha value is -1.65. The van der Waals surface area contributed by atoms with E-state index in [-0.39, 0.29) is 0 Å². The standard InChI is InChI=1S/C13H12Cl2N4/c1-2-11(9-3-5-10(14)6-4-9)16-18-13-8-7-12(15)17-19-13/h3-8H,2H2,1H3,(H,18,19)/b16-11+. The van der Waals surface area contributed by atoms with Crippen LogP contribution in [0.15, 0.2) is 41.5 Å². The summed E-state index contributed by atoms with van der Waals surface area (Å²) in [6.45, 7) is 2.03. The Labute approximate surface area is 121 Å². The predicted octanol–water partition coefficient (Wildman–Crippen LogP) is 4.01. The molecule has 6 heteroatoms. The van der Waals surface area contributed by atoms with Crippen LogP contribution in [0.5, 0.6) is 0 Å². The van der Waals surface area contributed by atoms with Crippen LogP contribution in [0.2, 0.25) is 10.2 Å². The Balaban J connectivity index is 2.15. The molecule has 1 aromatic carbocycles. The highest BCUT2D eigenvalue weighted by atomic mass is 35.5. The van der Waals surface area contributed by atoms with E-state index in [0.717, 1.165) is 17.7 Å². The van der Waals surface area contributed by atoms with E-state index in [0.29, 0.717) is 16.0 Å². The molecule has 2 aromatic rings. The van der Waals surface area contributed by atoms with Crippen molar-refractivity contribution in [2.75, 3.05) is 5.43 Å². The van der Waals surface area contributed by atoms with E-state index in [4.69, 9.17) is 23.2 Å². The second-order valence-electron chi connectivity index (χ2n) is 3.77. The molecular weight excluding hydrogens is 283 g/mol. The van der Waals surface area contributed by atoms with Crippen LogP contribution in [0, 0.1) is 0 Å².